The molecule has 2 atom stereocenters. The van der Waals surface area contributed by atoms with Gasteiger partial charge in [-0.2, -0.15) is 0 Å². The Morgan fingerprint density at radius 2 is 1.62 bits per heavy atom. The van der Waals surface area contributed by atoms with Gasteiger partial charge in [0, 0.05) is 10.6 Å². The minimum Gasteiger partial charge on any atom is -0.348 e. The molecule has 0 radical (unpaired) electrons. The molecule has 5 heteroatoms. The highest BCUT2D eigenvalue weighted by Crippen LogP contribution is 2.18. The first-order chi connectivity index (χ1) is 12.3. The maximum absolute atomic E-state index is 12.7. The number of hydrogen-bond acceptors (Lipinski definition) is 2. The Labute approximate surface area is 159 Å². The van der Waals surface area contributed by atoms with Crippen LogP contribution in [0.15, 0.2) is 48.5 Å². The zero-order valence-electron chi connectivity index (χ0n) is 15.5. The smallest absolute Gasteiger partial charge is 0.251 e. The molecule has 2 unspecified atom stereocenters. The third kappa shape index (κ3) is 5.33. The van der Waals surface area contributed by atoms with E-state index in [0.29, 0.717) is 10.6 Å². The lowest BCUT2D eigenvalue weighted by atomic mass is 10.0. The molecule has 0 aliphatic rings. The van der Waals surface area contributed by atoms with Crippen LogP contribution in [0.5, 0.6) is 0 Å². The van der Waals surface area contributed by atoms with Crippen LogP contribution in [-0.2, 0) is 4.79 Å². The maximum atomic E-state index is 12.7. The number of rotatable bonds is 6. The van der Waals surface area contributed by atoms with E-state index in [2.05, 4.69) is 10.6 Å². The van der Waals surface area contributed by atoms with Crippen molar-refractivity contribution >= 4 is 23.4 Å². The molecule has 0 aromatic heterocycles. The van der Waals surface area contributed by atoms with Crippen molar-refractivity contribution < 1.29 is 9.59 Å². The first kappa shape index (κ1) is 20.0. The molecular weight excluding hydrogens is 348 g/mol. The molecule has 26 heavy (non-hydrogen) atoms. The normalized spacial score (nSPS) is 13.2. The van der Waals surface area contributed by atoms with Crippen molar-refractivity contribution in [1.82, 2.24) is 10.6 Å². The quantitative estimate of drug-likeness (QED) is 0.795. The maximum Gasteiger partial charge on any atom is 0.251 e. The molecule has 0 fully saturated rings. The van der Waals surface area contributed by atoms with Crippen LogP contribution in [0, 0.1) is 12.8 Å². The predicted molar refractivity (Wildman–Crippen MR) is 105 cm³/mol. The van der Waals surface area contributed by atoms with Gasteiger partial charge in [-0.15, -0.1) is 0 Å². The largest absolute Gasteiger partial charge is 0.348 e. The molecule has 2 rings (SSSR count). The SMILES string of the molecule is Cc1ccc(C(=O)NC(C(=O)NC(C)c2cccc(Cl)c2)C(C)C)cc1. The molecule has 2 N–H and O–H groups in total. The van der Waals surface area contributed by atoms with Crippen molar-refractivity contribution in [2.75, 3.05) is 0 Å². The summed E-state index contributed by atoms with van der Waals surface area (Å²) in [7, 11) is 0. The number of nitrogens with one attached hydrogen (secondary N) is 2. The molecule has 0 saturated carbocycles. The van der Waals surface area contributed by atoms with Crippen LogP contribution in [0.4, 0.5) is 0 Å². The molecule has 0 saturated heterocycles. The van der Waals surface area contributed by atoms with Gasteiger partial charge in [0.15, 0.2) is 0 Å². The predicted octanol–water partition coefficient (Wildman–Crippen LogP) is 4.28. The summed E-state index contributed by atoms with van der Waals surface area (Å²) in [4.78, 5) is 25.2. The lowest BCUT2D eigenvalue weighted by Crippen LogP contribution is -2.50. The highest BCUT2D eigenvalue weighted by molar-refractivity contribution is 6.30. The van der Waals surface area contributed by atoms with Gasteiger partial charge in [-0.1, -0.05) is 55.3 Å². The van der Waals surface area contributed by atoms with Crippen molar-refractivity contribution in [3.8, 4) is 0 Å². The lowest BCUT2D eigenvalue weighted by molar-refractivity contribution is -0.124. The first-order valence-electron chi connectivity index (χ1n) is 8.71. The molecular formula is C21H25ClN2O2. The molecule has 0 bridgehead atoms. The molecule has 4 nitrogen and oxygen atoms in total. The van der Waals surface area contributed by atoms with Crippen LogP contribution in [0.25, 0.3) is 0 Å². The summed E-state index contributed by atoms with van der Waals surface area (Å²) >= 11 is 6.02. The van der Waals surface area contributed by atoms with Gasteiger partial charge in [-0.25, -0.2) is 0 Å². The molecule has 2 aromatic rings. The van der Waals surface area contributed by atoms with Crippen LogP contribution in [0.3, 0.4) is 0 Å². The van der Waals surface area contributed by atoms with Crippen molar-refractivity contribution in [2.45, 2.75) is 39.8 Å². The van der Waals surface area contributed by atoms with Crippen molar-refractivity contribution in [1.29, 1.82) is 0 Å². The Hall–Kier alpha value is -2.33. The second-order valence-electron chi connectivity index (χ2n) is 6.85. The van der Waals surface area contributed by atoms with E-state index >= 15 is 0 Å². The van der Waals surface area contributed by atoms with E-state index in [4.69, 9.17) is 11.6 Å². The average molecular weight is 373 g/mol. The topological polar surface area (TPSA) is 58.2 Å². The number of halogens is 1. The zero-order chi connectivity index (χ0) is 19.3. The van der Waals surface area contributed by atoms with Crippen LogP contribution < -0.4 is 10.6 Å². The Kier molecular flexibility index (Phi) is 6.81. The van der Waals surface area contributed by atoms with Gasteiger partial charge in [0.1, 0.15) is 6.04 Å². The van der Waals surface area contributed by atoms with E-state index in [0.717, 1.165) is 11.1 Å². The summed E-state index contributed by atoms with van der Waals surface area (Å²) in [5.41, 5.74) is 2.53. The lowest BCUT2D eigenvalue weighted by Gasteiger charge is -2.24. The minimum absolute atomic E-state index is 0.0454. The Morgan fingerprint density at radius 1 is 0.962 bits per heavy atom. The number of carbonyl (C=O) groups excluding carboxylic acids is 2. The Morgan fingerprint density at radius 3 is 2.19 bits per heavy atom. The molecule has 0 aliphatic carbocycles. The van der Waals surface area contributed by atoms with Gasteiger partial charge in [0.2, 0.25) is 5.91 Å². The van der Waals surface area contributed by atoms with Gasteiger partial charge in [0.25, 0.3) is 5.91 Å². The number of amides is 2. The van der Waals surface area contributed by atoms with Crippen molar-refractivity contribution in [3.05, 3.63) is 70.2 Å². The number of carbonyl (C=O) groups is 2. The van der Waals surface area contributed by atoms with E-state index in [1.807, 2.05) is 58.0 Å². The fourth-order valence-corrected chi connectivity index (χ4v) is 2.83. The van der Waals surface area contributed by atoms with Gasteiger partial charge in [0.05, 0.1) is 6.04 Å². The van der Waals surface area contributed by atoms with Gasteiger partial charge in [-0.05, 0) is 49.6 Å². The van der Waals surface area contributed by atoms with E-state index in [9.17, 15) is 9.59 Å². The van der Waals surface area contributed by atoms with Crippen molar-refractivity contribution in [3.63, 3.8) is 0 Å². The Balaban J connectivity index is 2.07. The third-order valence-electron chi connectivity index (χ3n) is 4.26. The minimum atomic E-state index is -0.620. The molecule has 0 spiro atoms. The summed E-state index contributed by atoms with van der Waals surface area (Å²) in [6, 6.07) is 13.8. The zero-order valence-corrected chi connectivity index (χ0v) is 16.3. The standard InChI is InChI=1S/C21H25ClN2O2/c1-13(2)19(24-20(25)16-10-8-14(3)9-11-16)21(26)23-15(4)17-6-5-7-18(22)12-17/h5-13,15,19H,1-4H3,(H,23,26)(H,24,25). The van der Waals surface area contributed by atoms with Crippen molar-refractivity contribution in [2.24, 2.45) is 5.92 Å². The average Bonchev–Trinajstić information content (AvgIpc) is 2.59. The molecule has 2 amide bonds. The molecule has 2 aromatic carbocycles. The summed E-state index contributed by atoms with van der Waals surface area (Å²) in [6.45, 7) is 7.67. The number of benzene rings is 2. The third-order valence-corrected chi connectivity index (χ3v) is 4.49. The Bertz CT molecular complexity index is 772. The number of hydrogen-bond donors (Lipinski definition) is 2. The molecule has 0 heterocycles. The summed E-state index contributed by atoms with van der Waals surface area (Å²) in [5, 5.41) is 6.42. The summed E-state index contributed by atoms with van der Waals surface area (Å²) in [6.07, 6.45) is 0. The second kappa shape index (κ2) is 8.86. The van der Waals surface area contributed by atoms with E-state index in [1.165, 1.54) is 0 Å². The summed E-state index contributed by atoms with van der Waals surface area (Å²) < 4.78 is 0. The molecule has 138 valence electrons. The summed E-state index contributed by atoms with van der Waals surface area (Å²) in [5.74, 6) is -0.516. The molecule has 0 aliphatic heterocycles. The van der Waals surface area contributed by atoms with E-state index in [-0.39, 0.29) is 23.8 Å². The highest BCUT2D eigenvalue weighted by atomic mass is 35.5. The van der Waals surface area contributed by atoms with Crippen LogP contribution >= 0.6 is 11.6 Å². The van der Waals surface area contributed by atoms with Crippen LogP contribution in [-0.4, -0.2) is 17.9 Å². The fraction of sp³-hybridized carbons (Fsp3) is 0.333. The van der Waals surface area contributed by atoms with E-state index < -0.39 is 6.04 Å². The van der Waals surface area contributed by atoms with Gasteiger partial charge >= 0.3 is 0 Å². The first-order valence-corrected chi connectivity index (χ1v) is 9.09. The van der Waals surface area contributed by atoms with Crippen LogP contribution in [0.1, 0.15) is 48.3 Å². The van der Waals surface area contributed by atoms with E-state index in [1.54, 1.807) is 18.2 Å². The van der Waals surface area contributed by atoms with Gasteiger partial charge < -0.3 is 10.6 Å². The van der Waals surface area contributed by atoms with Crippen LogP contribution in [0.2, 0.25) is 5.02 Å². The fourth-order valence-electron chi connectivity index (χ4n) is 2.63. The highest BCUT2D eigenvalue weighted by Gasteiger charge is 2.26. The number of aryl methyl sites for hydroxylation is 1. The second-order valence-corrected chi connectivity index (χ2v) is 7.28. The van der Waals surface area contributed by atoms with Gasteiger partial charge in [-0.3, -0.25) is 9.59 Å². The monoisotopic (exact) mass is 372 g/mol.